The first-order valence-electron chi connectivity index (χ1n) is 10.7. The number of hydrogen-bond donors (Lipinski definition) is 3. The standard InChI is InChI=1S/C23H28N6O3/c1-15-21(17-6-8-25-26-11-17)28-23(29-22(15)27-18-7-9-31-13-18)16-4-3-5-20(10-16)32-14-19(30)12-24-2/h3-6,8,10-11,18-19,24,30H,7,9,12-14H2,1-2H3,(H,27,28,29)/t18-,19?/m1/s1. The van der Waals surface area contributed by atoms with Crippen molar-refractivity contribution in [1.29, 1.82) is 0 Å². The van der Waals surface area contributed by atoms with Crippen molar-refractivity contribution in [3.63, 3.8) is 0 Å². The van der Waals surface area contributed by atoms with Gasteiger partial charge in [0.25, 0.3) is 0 Å². The summed E-state index contributed by atoms with van der Waals surface area (Å²) in [6, 6.07) is 9.67. The van der Waals surface area contributed by atoms with Gasteiger partial charge in [0.05, 0.1) is 30.7 Å². The van der Waals surface area contributed by atoms with Crippen LogP contribution in [0.1, 0.15) is 12.0 Å². The fraction of sp³-hybridized carbons (Fsp3) is 0.391. The van der Waals surface area contributed by atoms with Crippen molar-refractivity contribution in [3.8, 4) is 28.4 Å². The van der Waals surface area contributed by atoms with Crippen LogP contribution in [0.3, 0.4) is 0 Å². The molecule has 1 unspecified atom stereocenters. The van der Waals surface area contributed by atoms with E-state index in [2.05, 4.69) is 20.8 Å². The van der Waals surface area contributed by atoms with Crippen LogP contribution in [0.25, 0.3) is 22.6 Å². The maximum absolute atomic E-state index is 9.92. The van der Waals surface area contributed by atoms with Gasteiger partial charge in [-0.1, -0.05) is 12.1 Å². The molecule has 9 heteroatoms. The molecule has 3 heterocycles. The van der Waals surface area contributed by atoms with E-state index < -0.39 is 6.10 Å². The van der Waals surface area contributed by atoms with E-state index >= 15 is 0 Å². The van der Waals surface area contributed by atoms with Gasteiger partial charge in [0.2, 0.25) is 0 Å². The molecule has 0 radical (unpaired) electrons. The fourth-order valence-corrected chi connectivity index (χ4v) is 3.55. The number of ether oxygens (including phenoxy) is 2. The molecular weight excluding hydrogens is 408 g/mol. The van der Waals surface area contributed by atoms with Gasteiger partial charge >= 0.3 is 0 Å². The molecule has 1 saturated heterocycles. The third kappa shape index (κ3) is 5.37. The molecule has 1 aliphatic rings. The van der Waals surface area contributed by atoms with E-state index in [-0.39, 0.29) is 12.6 Å². The summed E-state index contributed by atoms with van der Waals surface area (Å²) in [5, 5.41) is 24.3. The second-order valence-electron chi connectivity index (χ2n) is 7.76. The number of aliphatic hydroxyl groups is 1. The maximum Gasteiger partial charge on any atom is 0.162 e. The smallest absolute Gasteiger partial charge is 0.162 e. The van der Waals surface area contributed by atoms with Crippen molar-refractivity contribution >= 4 is 5.82 Å². The summed E-state index contributed by atoms with van der Waals surface area (Å²) < 4.78 is 11.3. The number of likely N-dealkylation sites (N-methyl/N-ethyl adjacent to an activating group) is 1. The molecule has 1 aliphatic heterocycles. The van der Waals surface area contributed by atoms with Gasteiger partial charge < -0.3 is 25.2 Å². The average Bonchev–Trinajstić information content (AvgIpc) is 3.33. The zero-order valence-electron chi connectivity index (χ0n) is 18.3. The molecule has 2 atom stereocenters. The molecule has 2 aromatic heterocycles. The minimum atomic E-state index is -0.588. The number of anilines is 1. The van der Waals surface area contributed by atoms with Gasteiger partial charge in [-0.25, -0.2) is 9.97 Å². The molecule has 3 N–H and O–H groups in total. The molecule has 1 aromatic carbocycles. The third-order valence-electron chi connectivity index (χ3n) is 5.25. The normalized spacial score (nSPS) is 16.7. The zero-order valence-corrected chi connectivity index (χ0v) is 18.3. The average molecular weight is 437 g/mol. The summed E-state index contributed by atoms with van der Waals surface area (Å²) in [6.45, 7) is 4.06. The molecule has 0 spiro atoms. The van der Waals surface area contributed by atoms with Crippen LogP contribution in [0, 0.1) is 6.92 Å². The van der Waals surface area contributed by atoms with E-state index in [1.165, 1.54) is 0 Å². The van der Waals surface area contributed by atoms with Crippen LogP contribution in [0.2, 0.25) is 0 Å². The zero-order chi connectivity index (χ0) is 22.3. The largest absolute Gasteiger partial charge is 0.491 e. The summed E-state index contributed by atoms with van der Waals surface area (Å²) in [6.07, 6.45) is 3.70. The summed E-state index contributed by atoms with van der Waals surface area (Å²) in [4.78, 5) is 9.68. The second kappa shape index (κ2) is 10.4. The van der Waals surface area contributed by atoms with Crippen LogP contribution >= 0.6 is 0 Å². The quantitative estimate of drug-likeness (QED) is 0.464. The van der Waals surface area contributed by atoms with Crippen molar-refractivity contribution in [3.05, 3.63) is 48.3 Å². The lowest BCUT2D eigenvalue weighted by molar-refractivity contribution is 0.108. The topological polar surface area (TPSA) is 114 Å². The van der Waals surface area contributed by atoms with Crippen LogP contribution in [0.15, 0.2) is 42.7 Å². The van der Waals surface area contributed by atoms with Crippen molar-refractivity contribution in [1.82, 2.24) is 25.5 Å². The van der Waals surface area contributed by atoms with Crippen LogP contribution in [-0.4, -0.2) is 70.8 Å². The van der Waals surface area contributed by atoms with Crippen LogP contribution in [0.5, 0.6) is 5.75 Å². The monoisotopic (exact) mass is 436 g/mol. The van der Waals surface area contributed by atoms with E-state index in [1.807, 2.05) is 37.3 Å². The van der Waals surface area contributed by atoms with Crippen molar-refractivity contribution in [2.75, 3.05) is 38.7 Å². The first-order chi connectivity index (χ1) is 15.6. The Morgan fingerprint density at radius 2 is 2.12 bits per heavy atom. The highest BCUT2D eigenvalue weighted by Gasteiger charge is 2.20. The Balaban J connectivity index is 1.67. The van der Waals surface area contributed by atoms with E-state index in [0.29, 0.717) is 24.7 Å². The molecule has 9 nitrogen and oxygen atoms in total. The number of nitrogens with one attached hydrogen (secondary N) is 2. The Morgan fingerprint density at radius 1 is 1.22 bits per heavy atom. The molecule has 0 amide bonds. The van der Waals surface area contributed by atoms with Crippen LogP contribution in [-0.2, 0) is 4.74 Å². The van der Waals surface area contributed by atoms with E-state index in [1.54, 1.807) is 19.4 Å². The number of nitrogens with zero attached hydrogens (tertiary/aromatic N) is 4. The third-order valence-corrected chi connectivity index (χ3v) is 5.25. The van der Waals surface area contributed by atoms with E-state index in [9.17, 15) is 5.11 Å². The fourth-order valence-electron chi connectivity index (χ4n) is 3.55. The molecule has 1 fully saturated rings. The predicted octanol–water partition coefficient (Wildman–Crippen LogP) is 2.07. The highest BCUT2D eigenvalue weighted by atomic mass is 16.5. The highest BCUT2D eigenvalue weighted by Crippen LogP contribution is 2.30. The van der Waals surface area contributed by atoms with Gasteiger partial charge in [0.1, 0.15) is 24.3 Å². The van der Waals surface area contributed by atoms with Crippen molar-refractivity contribution < 1.29 is 14.6 Å². The predicted molar refractivity (Wildman–Crippen MR) is 122 cm³/mol. The summed E-state index contributed by atoms with van der Waals surface area (Å²) >= 11 is 0. The Bertz CT molecular complexity index is 1030. The first kappa shape index (κ1) is 22.1. The molecule has 32 heavy (non-hydrogen) atoms. The molecular formula is C23H28N6O3. The van der Waals surface area contributed by atoms with Crippen molar-refractivity contribution in [2.24, 2.45) is 0 Å². The van der Waals surface area contributed by atoms with Crippen LogP contribution in [0.4, 0.5) is 5.82 Å². The number of benzene rings is 1. The molecule has 0 saturated carbocycles. The van der Waals surface area contributed by atoms with Gasteiger partial charge in [0, 0.05) is 29.8 Å². The lowest BCUT2D eigenvalue weighted by Gasteiger charge is -2.17. The molecule has 4 rings (SSSR count). The SMILES string of the molecule is CNCC(O)COc1cccc(-c2nc(N[C@@H]3CCOC3)c(C)c(-c3ccnnc3)n2)c1. The van der Waals surface area contributed by atoms with Gasteiger partial charge in [-0.3, -0.25) is 0 Å². The summed E-state index contributed by atoms with van der Waals surface area (Å²) in [5.41, 5.74) is 3.42. The van der Waals surface area contributed by atoms with Gasteiger partial charge in [-0.05, 0) is 38.6 Å². The lowest BCUT2D eigenvalue weighted by atomic mass is 10.1. The Kier molecular flexibility index (Phi) is 7.21. The molecule has 168 valence electrons. The molecule has 3 aromatic rings. The number of hydrogen-bond acceptors (Lipinski definition) is 9. The molecule has 0 bridgehead atoms. The number of aromatic nitrogens is 4. The van der Waals surface area contributed by atoms with E-state index in [4.69, 9.17) is 19.4 Å². The maximum atomic E-state index is 9.92. The van der Waals surface area contributed by atoms with Crippen molar-refractivity contribution in [2.45, 2.75) is 25.5 Å². The number of rotatable bonds is 9. The Morgan fingerprint density at radius 3 is 2.88 bits per heavy atom. The Labute approximate surface area is 187 Å². The minimum Gasteiger partial charge on any atom is -0.491 e. The van der Waals surface area contributed by atoms with Crippen LogP contribution < -0.4 is 15.4 Å². The highest BCUT2D eigenvalue weighted by molar-refractivity contribution is 5.71. The lowest BCUT2D eigenvalue weighted by Crippen LogP contribution is -2.29. The van der Waals surface area contributed by atoms with Gasteiger partial charge in [-0.15, -0.1) is 0 Å². The van der Waals surface area contributed by atoms with Gasteiger partial charge in [0.15, 0.2) is 5.82 Å². The molecule has 0 aliphatic carbocycles. The summed E-state index contributed by atoms with van der Waals surface area (Å²) in [5.74, 6) is 1.99. The minimum absolute atomic E-state index is 0.196. The summed E-state index contributed by atoms with van der Waals surface area (Å²) in [7, 11) is 1.79. The first-order valence-corrected chi connectivity index (χ1v) is 10.7. The Hall–Kier alpha value is -3.14. The second-order valence-corrected chi connectivity index (χ2v) is 7.76. The van der Waals surface area contributed by atoms with Gasteiger partial charge in [-0.2, -0.15) is 10.2 Å². The number of aliphatic hydroxyl groups excluding tert-OH is 1. The van der Waals surface area contributed by atoms with E-state index in [0.717, 1.165) is 41.2 Å².